The smallest absolute Gasteiger partial charge is 0.257 e. The van der Waals surface area contributed by atoms with Crippen LogP contribution in [0.3, 0.4) is 0 Å². The van der Waals surface area contributed by atoms with Crippen LogP contribution in [-0.4, -0.2) is 49.8 Å². The minimum Gasteiger partial charge on any atom is -0.357 e. The van der Waals surface area contributed by atoms with Gasteiger partial charge in [-0.1, -0.05) is 0 Å². The van der Waals surface area contributed by atoms with Crippen molar-refractivity contribution in [3.63, 3.8) is 0 Å². The largest absolute Gasteiger partial charge is 0.357 e. The van der Waals surface area contributed by atoms with Crippen molar-refractivity contribution < 1.29 is 4.79 Å². The summed E-state index contributed by atoms with van der Waals surface area (Å²) in [5.41, 5.74) is 2.11. The molecule has 0 aliphatic rings. The van der Waals surface area contributed by atoms with E-state index < -0.39 is 0 Å². The highest BCUT2D eigenvalue weighted by atomic mass is 16.2. The van der Waals surface area contributed by atoms with Gasteiger partial charge in [0, 0.05) is 68.9 Å². The molecule has 0 spiro atoms. The number of amides is 1. The van der Waals surface area contributed by atoms with Crippen molar-refractivity contribution in [3.8, 4) is 11.4 Å². The SMILES string of the molecule is CNc1ncc(CN(C)C(=O)c2cnc(-c3ccncc3)nc2)cn1. The number of carbonyl (C=O) groups is 1. The number of rotatable bonds is 5. The van der Waals surface area contributed by atoms with Gasteiger partial charge < -0.3 is 10.2 Å². The molecule has 0 aliphatic heterocycles. The minimum absolute atomic E-state index is 0.168. The number of carbonyl (C=O) groups excluding carboxylic acids is 1. The van der Waals surface area contributed by atoms with E-state index in [2.05, 4.69) is 30.2 Å². The van der Waals surface area contributed by atoms with Gasteiger partial charge in [0.2, 0.25) is 5.95 Å². The number of anilines is 1. The molecule has 3 aromatic rings. The van der Waals surface area contributed by atoms with E-state index >= 15 is 0 Å². The number of aromatic nitrogens is 5. The average Bonchev–Trinajstić information content (AvgIpc) is 2.69. The van der Waals surface area contributed by atoms with Gasteiger partial charge in [-0.15, -0.1) is 0 Å². The molecule has 0 atom stereocenters. The molecule has 25 heavy (non-hydrogen) atoms. The van der Waals surface area contributed by atoms with Crippen LogP contribution in [0.4, 0.5) is 5.95 Å². The minimum atomic E-state index is -0.168. The third-order valence-electron chi connectivity index (χ3n) is 3.53. The molecule has 3 aromatic heterocycles. The molecule has 0 fully saturated rings. The Kier molecular flexibility index (Phi) is 4.89. The number of hydrogen-bond acceptors (Lipinski definition) is 7. The molecule has 8 nitrogen and oxygen atoms in total. The van der Waals surface area contributed by atoms with Crippen LogP contribution < -0.4 is 5.32 Å². The molecule has 0 aromatic carbocycles. The second-order valence-corrected chi connectivity index (χ2v) is 5.36. The molecule has 0 unspecified atom stereocenters. The topological polar surface area (TPSA) is 96.8 Å². The van der Waals surface area contributed by atoms with Crippen LogP contribution in [0.15, 0.2) is 49.3 Å². The summed E-state index contributed by atoms with van der Waals surface area (Å²) in [7, 11) is 3.46. The second-order valence-electron chi connectivity index (χ2n) is 5.36. The Morgan fingerprint density at radius 3 is 2.28 bits per heavy atom. The average molecular weight is 335 g/mol. The monoisotopic (exact) mass is 335 g/mol. The summed E-state index contributed by atoms with van der Waals surface area (Å²) >= 11 is 0. The maximum Gasteiger partial charge on any atom is 0.257 e. The van der Waals surface area contributed by atoms with Gasteiger partial charge in [0.1, 0.15) is 0 Å². The van der Waals surface area contributed by atoms with E-state index in [0.717, 1.165) is 11.1 Å². The Morgan fingerprint density at radius 2 is 1.68 bits per heavy atom. The first-order chi connectivity index (χ1) is 12.2. The molecule has 8 heteroatoms. The van der Waals surface area contributed by atoms with Crippen LogP contribution in [0, 0.1) is 0 Å². The summed E-state index contributed by atoms with van der Waals surface area (Å²) in [5.74, 6) is 0.925. The van der Waals surface area contributed by atoms with E-state index in [4.69, 9.17) is 0 Å². The normalized spacial score (nSPS) is 10.3. The number of nitrogens with zero attached hydrogens (tertiary/aromatic N) is 6. The van der Waals surface area contributed by atoms with Gasteiger partial charge in [-0.05, 0) is 12.1 Å². The second kappa shape index (κ2) is 7.43. The lowest BCUT2D eigenvalue weighted by Gasteiger charge is -2.16. The summed E-state index contributed by atoms with van der Waals surface area (Å²) in [6, 6.07) is 3.63. The molecule has 0 saturated carbocycles. The van der Waals surface area contributed by atoms with Crippen LogP contribution >= 0.6 is 0 Å². The van der Waals surface area contributed by atoms with Gasteiger partial charge in [0.25, 0.3) is 5.91 Å². The van der Waals surface area contributed by atoms with Crippen molar-refractivity contribution in [1.82, 2.24) is 29.8 Å². The van der Waals surface area contributed by atoms with Gasteiger partial charge >= 0.3 is 0 Å². The molecule has 0 radical (unpaired) electrons. The molecular weight excluding hydrogens is 318 g/mol. The van der Waals surface area contributed by atoms with Gasteiger partial charge in [-0.2, -0.15) is 0 Å². The highest BCUT2D eigenvalue weighted by Gasteiger charge is 2.14. The Labute approximate surface area is 145 Å². The van der Waals surface area contributed by atoms with Crippen molar-refractivity contribution in [2.45, 2.75) is 6.54 Å². The summed E-state index contributed by atoms with van der Waals surface area (Å²) in [4.78, 5) is 34.8. The highest BCUT2D eigenvalue weighted by molar-refractivity contribution is 5.93. The van der Waals surface area contributed by atoms with Gasteiger partial charge in [0.15, 0.2) is 5.82 Å². The first-order valence-corrected chi connectivity index (χ1v) is 7.64. The van der Waals surface area contributed by atoms with Crippen molar-refractivity contribution in [1.29, 1.82) is 0 Å². The fourth-order valence-corrected chi connectivity index (χ4v) is 2.22. The number of pyridine rings is 1. The summed E-state index contributed by atoms with van der Waals surface area (Å²) in [6.07, 6.45) is 9.78. The molecule has 126 valence electrons. The predicted octanol–water partition coefficient (Wildman–Crippen LogP) is 1.64. The van der Waals surface area contributed by atoms with Crippen molar-refractivity contribution in [2.75, 3.05) is 19.4 Å². The third-order valence-corrected chi connectivity index (χ3v) is 3.53. The molecule has 0 bridgehead atoms. The van der Waals surface area contributed by atoms with E-state index in [-0.39, 0.29) is 5.91 Å². The van der Waals surface area contributed by atoms with Crippen molar-refractivity contribution >= 4 is 11.9 Å². The van der Waals surface area contributed by atoms with Crippen LogP contribution in [0.5, 0.6) is 0 Å². The quantitative estimate of drug-likeness (QED) is 0.757. The zero-order valence-corrected chi connectivity index (χ0v) is 13.9. The zero-order chi connectivity index (χ0) is 17.6. The van der Waals surface area contributed by atoms with E-state index in [1.165, 1.54) is 12.4 Å². The van der Waals surface area contributed by atoms with Gasteiger partial charge in [0.05, 0.1) is 5.56 Å². The lowest BCUT2D eigenvalue weighted by Crippen LogP contribution is -2.26. The molecule has 0 aliphatic carbocycles. The number of hydrogen-bond donors (Lipinski definition) is 1. The van der Waals surface area contributed by atoms with Crippen LogP contribution in [0.1, 0.15) is 15.9 Å². The maximum atomic E-state index is 12.5. The summed E-state index contributed by atoms with van der Waals surface area (Å²) < 4.78 is 0. The summed E-state index contributed by atoms with van der Waals surface area (Å²) in [5, 5.41) is 2.85. The molecule has 0 saturated heterocycles. The van der Waals surface area contributed by atoms with E-state index in [9.17, 15) is 4.79 Å². The van der Waals surface area contributed by atoms with Crippen LogP contribution in [0.2, 0.25) is 0 Å². The zero-order valence-electron chi connectivity index (χ0n) is 13.9. The molecule has 3 rings (SSSR count). The predicted molar refractivity (Wildman–Crippen MR) is 92.6 cm³/mol. The summed E-state index contributed by atoms with van der Waals surface area (Å²) in [6.45, 7) is 0.398. The highest BCUT2D eigenvalue weighted by Crippen LogP contribution is 2.13. The Morgan fingerprint density at radius 1 is 1.04 bits per heavy atom. The maximum absolute atomic E-state index is 12.5. The van der Waals surface area contributed by atoms with Gasteiger partial charge in [-0.3, -0.25) is 9.78 Å². The lowest BCUT2D eigenvalue weighted by atomic mass is 10.2. The molecular formula is C17H17N7O. The third kappa shape index (κ3) is 3.92. The van der Waals surface area contributed by atoms with Gasteiger partial charge in [-0.25, -0.2) is 19.9 Å². The van der Waals surface area contributed by atoms with E-state index in [1.54, 1.807) is 43.8 Å². The molecule has 1 N–H and O–H groups in total. The Balaban J connectivity index is 1.69. The Bertz CT molecular complexity index is 835. The fourth-order valence-electron chi connectivity index (χ4n) is 2.22. The first kappa shape index (κ1) is 16.4. The van der Waals surface area contributed by atoms with E-state index in [0.29, 0.717) is 23.9 Å². The van der Waals surface area contributed by atoms with Crippen molar-refractivity contribution in [3.05, 3.63) is 60.4 Å². The molecule has 3 heterocycles. The van der Waals surface area contributed by atoms with E-state index in [1.807, 2.05) is 12.1 Å². The van der Waals surface area contributed by atoms with Crippen molar-refractivity contribution in [2.24, 2.45) is 0 Å². The fraction of sp³-hybridized carbons (Fsp3) is 0.176. The number of nitrogens with one attached hydrogen (secondary N) is 1. The lowest BCUT2D eigenvalue weighted by molar-refractivity contribution is 0.0784. The van der Waals surface area contributed by atoms with Crippen LogP contribution in [0.25, 0.3) is 11.4 Å². The first-order valence-electron chi connectivity index (χ1n) is 7.64. The molecule has 1 amide bonds. The standard InChI is InChI=1S/C17H17N7O/c1-18-17-22-7-12(8-23-17)11-24(2)16(25)14-9-20-15(21-10-14)13-3-5-19-6-4-13/h3-10H,11H2,1-2H3,(H,18,22,23). The van der Waals surface area contributed by atoms with Crippen LogP contribution in [-0.2, 0) is 6.54 Å². The Hall–Kier alpha value is -3.42.